The van der Waals surface area contributed by atoms with Crippen molar-refractivity contribution in [2.45, 2.75) is 0 Å². The third-order valence-electron chi connectivity index (χ3n) is 2.76. The highest BCUT2D eigenvalue weighted by Crippen LogP contribution is 2.28. The molecule has 2 aromatic rings. The van der Waals surface area contributed by atoms with Gasteiger partial charge in [0.25, 0.3) is 5.91 Å². The van der Waals surface area contributed by atoms with Crippen LogP contribution in [0.3, 0.4) is 0 Å². The zero-order chi connectivity index (χ0) is 16.4. The van der Waals surface area contributed by atoms with Crippen LogP contribution in [0.5, 0.6) is 0 Å². The maximum atomic E-state index is 13.3. The number of amides is 3. The van der Waals surface area contributed by atoms with Gasteiger partial charge in [-0.05, 0) is 24.3 Å². The first-order valence-electron chi connectivity index (χ1n) is 5.86. The van der Waals surface area contributed by atoms with Gasteiger partial charge in [-0.15, -0.1) is 0 Å². The molecule has 4 nitrogen and oxygen atoms in total. The van der Waals surface area contributed by atoms with E-state index in [1.54, 1.807) is 0 Å². The first-order chi connectivity index (χ1) is 10.3. The molecule has 0 saturated heterocycles. The number of urea groups is 1. The fourth-order valence-electron chi connectivity index (χ4n) is 1.78. The molecule has 0 fully saturated rings. The van der Waals surface area contributed by atoms with E-state index in [1.807, 2.05) is 0 Å². The minimum absolute atomic E-state index is 0.00802. The number of imide groups is 1. The Balaban J connectivity index is 2.55. The van der Waals surface area contributed by atoms with Crippen molar-refractivity contribution in [1.29, 1.82) is 0 Å². The second kappa shape index (κ2) is 6.29. The Hall–Kier alpha value is -2.18. The van der Waals surface area contributed by atoms with Gasteiger partial charge in [-0.2, -0.15) is 0 Å². The van der Waals surface area contributed by atoms with Crippen molar-refractivity contribution in [3.05, 3.63) is 63.6 Å². The van der Waals surface area contributed by atoms with Gasteiger partial charge >= 0.3 is 6.03 Å². The summed E-state index contributed by atoms with van der Waals surface area (Å²) in [5, 5.41) is -0.0160. The van der Waals surface area contributed by atoms with Crippen molar-refractivity contribution in [3.63, 3.8) is 0 Å². The second-order valence-electron chi connectivity index (χ2n) is 4.17. The average molecular weight is 345 g/mol. The summed E-state index contributed by atoms with van der Waals surface area (Å²) < 4.78 is 26.3. The summed E-state index contributed by atoms with van der Waals surface area (Å²) in [6, 6.07) is 5.58. The maximum absolute atomic E-state index is 13.3. The van der Waals surface area contributed by atoms with Crippen LogP contribution in [0.25, 0.3) is 0 Å². The Labute approximate surface area is 134 Å². The number of carbonyl (C=O) groups is 2. The molecule has 2 rings (SSSR count). The zero-order valence-corrected chi connectivity index (χ0v) is 12.3. The third kappa shape index (κ3) is 3.03. The number of primary amides is 1. The first kappa shape index (κ1) is 16.2. The van der Waals surface area contributed by atoms with Crippen LogP contribution in [-0.4, -0.2) is 11.9 Å². The fourth-order valence-corrected chi connectivity index (χ4v) is 2.34. The predicted octanol–water partition coefficient (Wildman–Crippen LogP) is 4.00. The topological polar surface area (TPSA) is 63.4 Å². The monoisotopic (exact) mass is 344 g/mol. The largest absolute Gasteiger partial charge is 0.351 e. The lowest BCUT2D eigenvalue weighted by atomic mass is 10.1. The van der Waals surface area contributed by atoms with Crippen LogP contribution < -0.4 is 10.6 Å². The Kier molecular flexibility index (Phi) is 4.63. The first-order valence-corrected chi connectivity index (χ1v) is 6.61. The maximum Gasteiger partial charge on any atom is 0.326 e. The number of benzene rings is 2. The van der Waals surface area contributed by atoms with Crippen LogP contribution in [-0.2, 0) is 0 Å². The molecular formula is C14H8Cl2F2N2O2. The number of hydrogen-bond acceptors (Lipinski definition) is 2. The number of rotatable bonds is 2. The SMILES string of the molecule is NC(=O)N(C(=O)c1c(Cl)cccc1Cl)c1ccc(F)c(F)c1. The summed E-state index contributed by atoms with van der Waals surface area (Å²) in [7, 11) is 0. The molecule has 0 aliphatic rings. The molecule has 2 N–H and O–H groups in total. The number of carbonyl (C=O) groups excluding carboxylic acids is 2. The smallest absolute Gasteiger partial charge is 0.326 e. The van der Waals surface area contributed by atoms with Crippen LogP contribution in [0.1, 0.15) is 10.4 Å². The van der Waals surface area contributed by atoms with E-state index in [4.69, 9.17) is 28.9 Å². The molecule has 8 heteroatoms. The van der Waals surface area contributed by atoms with Crippen LogP contribution >= 0.6 is 23.2 Å². The number of hydrogen-bond donors (Lipinski definition) is 1. The Morgan fingerprint density at radius 1 is 1.00 bits per heavy atom. The lowest BCUT2D eigenvalue weighted by molar-refractivity contribution is 0.0995. The summed E-state index contributed by atoms with van der Waals surface area (Å²) in [5.41, 5.74) is 4.74. The van der Waals surface area contributed by atoms with Crippen molar-refractivity contribution in [3.8, 4) is 0 Å². The molecule has 0 radical (unpaired) electrons. The van der Waals surface area contributed by atoms with Crippen molar-refractivity contribution in [1.82, 2.24) is 0 Å². The van der Waals surface area contributed by atoms with E-state index < -0.39 is 23.6 Å². The van der Waals surface area contributed by atoms with Gasteiger partial charge in [-0.1, -0.05) is 29.3 Å². The molecule has 0 bridgehead atoms. The van der Waals surface area contributed by atoms with Gasteiger partial charge < -0.3 is 5.73 Å². The van der Waals surface area contributed by atoms with Crippen molar-refractivity contribution in [2.24, 2.45) is 5.73 Å². The Bertz CT molecular complexity index is 748. The highest BCUT2D eigenvalue weighted by molar-refractivity contribution is 6.41. The minimum Gasteiger partial charge on any atom is -0.351 e. The van der Waals surface area contributed by atoms with Crippen molar-refractivity contribution >= 4 is 40.8 Å². The van der Waals surface area contributed by atoms with Gasteiger partial charge in [-0.25, -0.2) is 18.5 Å². The minimum atomic E-state index is -1.23. The van der Waals surface area contributed by atoms with E-state index >= 15 is 0 Å². The van der Waals surface area contributed by atoms with E-state index in [0.717, 1.165) is 12.1 Å². The quantitative estimate of drug-likeness (QED) is 0.894. The van der Waals surface area contributed by atoms with Gasteiger partial charge in [0.2, 0.25) is 0 Å². The zero-order valence-electron chi connectivity index (χ0n) is 10.8. The van der Waals surface area contributed by atoms with E-state index in [9.17, 15) is 18.4 Å². The molecule has 2 aromatic carbocycles. The highest BCUT2D eigenvalue weighted by atomic mass is 35.5. The van der Waals surface area contributed by atoms with Crippen LogP contribution in [0.4, 0.5) is 19.3 Å². The van der Waals surface area contributed by atoms with Crippen LogP contribution in [0.15, 0.2) is 36.4 Å². The summed E-state index contributed by atoms with van der Waals surface area (Å²) in [6.07, 6.45) is 0. The number of nitrogens with two attached hydrogens (primary N) is 1. The van der Waals surface area contributed by atoms with E-state index in [0.29, 0.717) is 11.0 Å². The highest BCUT2D eigenvalue weighted by Gasteiger charge is 2.27. The fraction of sp³-hybridized carbons (Fsp3) is 0. The molecule has 3 amide bonds. The lowest BCUT2D eigenvalue weighted by Gasteiger charge is -2.20. The van der Waals surface area contributed by atoms with Gasteiger partial charge in [0.1, 0.15) is 0 Å². The number of halogens is 4. The number of anilines is 1. The van der Waals surface area contributed by atoms with Gasteiger partial charge in [0, 0.05) is 6.07 Å². The average Bonchev–Trinajstić information content (AvgIpc) is 2.42. The van der Waals surface area contributed by atoms with E-state index in [2.05, 4.69) is 0 Å². The molecule has 0 spiro atoms. The molecular weight excluding hydrogens is 337 g/mol. The predicted molar refractivity (Wildman–Crippen MR) is 79.2 cm³/mol. The number of nitrogens with zero attached hydrogens (tertiary/aromatic N) is 1. The van der Waals surface area contributed by atoms with Crippen molar-refractivity contribution in [2.75, 3.05) is 4.90 Å². The summed E-state index contributed by atoms with van der Waals surface area (Å²) >= 11 is 11.8. The lowest BCUT2D eigenvalue weighted by Crippen LogP contribution is -2.41. The Morgan fingerprint density at radius 3 is 2.09 bits per heavy atom. The molecule has 0 atom stereocenters. The van der Waals surface area contributed by atoms with Crippen LogP contribution in [0, 0.1) is 11.6 Å². The molecule has 0 aliphatic carbocycles. The third-order valence-corrected chi connectivity index (χ3v) is 3.39. The Morgan fingerprint density at radius 2 is 1.59 bits per heavy atom. The second-order valence-corrected chi connectivity index (χ2v) is 4.99. The van der Waals surface area contributed by atoms with Gasteiger partial charge in [0.15, 0.2) is 11.6 Å². The molecule has 22 heavy (non-hydrogen) atoms. The van der Waals surface area contributed by atoms with E-state index in [1.165, 1.54) is 18.2 Å². The molecule has 0 aromatic heterocycles. The molecule has 114 valence electrons. The summed E-state index contributed by atoms with van der Waals surface area (Å²) in [4.78, 5) is 24.5. The van der Waals surface area contributed by atoms with Crippen LogP contribution in [0.2, 0.25) is 10.0 Å². The standard InChI is InChI=1S/C14H8Cl2F2N2O2/c15-8-2-1-3-9(16)12(8)13(21)20(14(19)22)7-4-5-10(17)11(18)6-7/h1-6H,(H2,19,22). The molecule has 0 unspecified atom stereocenters. The summed E-state index contributed by atoms with van der Waals surface area (Å²) in [6.45, 7) is 0. The summed E-state index contributed by atoms with van der Waals surface area (Å²) in [5.74, 6) is -3.31. The van der Waals surface area contributed by atoms with E-state index in [-0.39, 0.29) is 21.3 Å². The molecule has 0 saturated carbocycles. The van der Waals surface area contributed by atoms with Gasteiger partial charge in [-0.3, -0.25) is 4.79 Å². The van der Waals surface area contributed by atoms with Gasteiger partial charge in [0.05, 0.1) is 21.3 Å². The molecule has 0 aliphatic heterocycles. The van der Waals surface area contributed by atoms with Crippen molar-refractivity contribution < 1.29 is 18.4 Å². The normalized spacial score (nSPS) is 10.4. The molecule has 0 heterocycles.